The molecular weight excluding hydrogens is 338 g/mol. The normalized spacial score (nSPS) is 19.6. The zero-order valence-corrected chi connectivity index (χ0v) is 15.4. The van der Waals surface area contributed by atoms with Gasteiger partial charge in [-0.05, 0) is 44.4 Å². The first-order valence-electron chi connectivity index (χ1n) is 8.74. The molecule has 134 valence electrons. The molecule has 1 aliphatic rings. The van der Waals surface area contributed by atoms with Crippen molar-refractivity contribution in [3.8, 4) is 5.69 Å². The molecule has 1 saturated heterocycles. The smallest absolute Gasteiger partial charge is 0.273 e. The zero-order valence-electron chi connectivity index (χ0n) is 14.7. The van der Waals surface area contributed by atoms with Gasteiger partial charge >= 0.3 is 0 Å². The summed E-state index contributed by atoms with van der Waals surface area (Å²) >= 11 is 6.15. The number of aromatic nitrogens is 3. The molecule has 0 spiro atoms. The molecule has 0 aliphatic carbocycles. The van der Waals surface area contributed by atoms with Crippen LogP contribution >= 0.6 is 11.6 Å². The number of nitrogens with zero attached hydrogens (tertiary/aromatic N) is 4. The van der Waals surface area contributed by atoms with E-state index < -0.39 is 0 Å². The van der Waals surface area contributed by atoms with Gasteiger partial charge in [0.1, 0.15) is 0 Å². The first-order chi connectivity index (χ1) is 12.0. The Balaban J connectivity index is 1.58. The van der Waals surface area contributed by atoms with E-state index in [9.17, 15) is 4.79 Å². The Hall–Kier alpha value is -1.92. The van der Waals surface area contributed by atoms with E-state index in [0.717, 1.165) is 19.0 Å². The Morgan fingerprint density at radius 2 is 2.24 bits per heavy atom. The average molecular weight is 362 g/mol. The maximum absolute atomic E-state index is 12.3. The summed E-state index contributed by atoms with van der Waals surface area (Å²) in [6, 6.07) is 7.63. The summed E-state index contributed by atoms with van der Waals surface area (Å²) in [7, 11) is 0. The molecule has 1 N–H and O–H groups in total. The topological polar surface area (TPSA) is 63.1 Å². The van der Waals surface area contributed by atoms with Crippen molar-refractivity contribution in [2.45, 2.75) is 32.7 Å². The highest BCUT2D eigenvalue weighted by atomic mass is 35.5. The van der Waals surface area contributed by atoms with Crippen molar-refractivity contribution in [1.82, 2.24) is 25.2 Å². The average Bonchev–Trinajstić information content (AvgIpc) is 3.09. The van der Waals surface area contributed by atoms with Crippen LogP contribution in [0.5, 0.6) is 0 Å². The van der Waals surface area contributed by atoms with Gasteiger partial charge in [0.05, 0.1) is 16.9 Å². The predicted molar refractivity (Wildman–Crippen MR) is 98.1 cm³/mol. The van der Waals surface area contributed by atoms with E-state index >= 15 is 0 Å². The van der Waals surface area contributed by atoms with Gasteiger partial charge in [0, 0.05) is 19.1 Å². The summed E-state index contributed by atoms with van der Waals surface area (Å²) in [5.41, 5.74) is 0.991. The number of hydrogen-bond acceptors (Lipinski definition) is 4. The second-order valence-electron chi connectivity index (χ2n) is 6.80. The number of carbonyl (C=O) groups is 1. The fourth-order valence-corrected chi connectivity index (χ4v) is 3.43. The number of rotatable bonds is 5. The lowest BCUT2D eigenvalue weighted by atomic mass is 9.99. The molecule has 0 saturated carbocycles. The molecule has 2 aromatic rings. The predicted octanol–water partition coefficient (Wildman–Crippen LogP) is 2.77. The second kappa shape index (κ2) is 7.97. The lowest BCUT2D eigenvalue weighted by Gasteiger charge is -2.35. The van der Waals surface area contributed by atoms with Crippen LogP contribution in [0.2, 0.25) is 5.02 Å². The van der Waals surface area contributed by atoms with Crippen LogP contribution in [-0.2, 0) is 0 Å². The third-order valence-electron chi connectivity index (χ3n) is 4.70. The van der Waals surface area contributed by atoms with Gasteiger partial charge in [0.2, 0.25) is 0 Å². The number of likely N-dealkylation sites (tertiary alicyclic amines) is 1. The molecule has 2 atom stereocenters. The Kier molecular flexibility index (Phi) is 5.71. The maximum atomic E-state index is 12.3. The van der Waals surface area contributed by atoms with Crippen LogP contribution in [0.1, 0.15) is 37.2 Å². The summed E-state index contributed by atoms with van der Waals surface area (Å²) in [5.74, 6) is 0.512. The van der Waals surface area contributed by atoms with Gasteiger partial charge in [0.25, 0.3) is 5.91 Å². The molecule has 1 aliphatic heterocycles. The second-order valence-corrected chi connectivity index (χ2v) is 7.21. The van der Waals surface area contributed by atoms with Crippen LogP contribution in [0.25, 0.3) is 5.69 Å². The molecule has 1 fully saturated rings. The van der Waals surface area contributed by atoms with E-state index in [1.165, 1.54) is 17.5 Å². The standard InChI is InChI=1S/C18H24ClN5O/c1-13-6-5-9-23(11-13)14(2)10-20-18(25)16-12-24(22-21-16)17-8-4-3-7-15(17)19/h3-4,7-8,12-14H,5-6,9-11H2,1-2H3,(H,20,25). The van der Waals surface area contributed by atoms with E-state index in [-0.39, 0.29) is 5.91 Å². The molecule has 1 aromatic carbocycles. The fraction of sp³-hybridized carbons (Fsp3) is 0.500. The van der Waals surface area contributed by atoms with Crippen molar-refractivity contribution in [1.29, 1.82) is 0 Å². The lowest BCUT2D eigenvalue weighted by molar-refractivity contribution is 0.0912. The molecular formula is C18H24ClN5O. The van der Waals surface area contributed by atoms with Crippen LogP contribution in [-0.4, -0.2) is 51.5 Å². The highest BCUT2D eigenvalue weighted by Crippen LogP contribution is 2.19. The highest BCUT2D eigenvalue weighted by Gasteiger charge is 2.21. The maximum Gasteiger partial charge on any atom is 0.273 e. The van der Waals surface area contributed by atoms with Crippen molar-refractivity contribution in [2.24, 2.45) is 5.92 Å². The van der Waals surface area contributed by atoms with Crippen molar-refractivity contribution in [3.63, 3.8) is 0 Å². The van der Waals surface area contributed by atoms with E-state index in [2.05, 4.69) is 34.4 Å². The monoisotopic (exact) mass is 361 g/mol. The molecule has 25 heavy (non-hydrogen) atoms. The third kappa shape index (κ3) is 4.38. The van der Waals surface area contributed by atoms with Crippen LogP contribution in [0.15, 0.2) is 30.5 Å². The molecule has 0 radical (unpaired) electrons. The number of amides is 1. The molecule has 1 amide bonds. The van der Waals surface area contributed by atoms with E-state index in [1.54, 1.807) is 12.3 Å². The summed E-state index contributed by atoms with van der Waals surface area (Å²) < 4.78 is 1.52. The van der Waals surface area contributed by atoms with Crippen LogP contribution in [0.4, 0.5) is 0 Å². The number of para-hydroxylation sites is 1. The minimum Gasteiger partial charge on any atom is -0.349 e. The molecule has 0 bridgehead atoms. The van der Waals surface area contributed by atoms with Crippen LogP contribution < -0.4 is 5.32 Å². The number of nitrogens with one attached hydrogen (secondary N) is 1. The van der Waals surface area contributed by atoms with Crippen LogP contribution in [0.3, 0.4) is 0 Å². The molecule has 7 heteroatoms. The minimum absolute atomic E-state index is 0.213. The van der Waals surface area contributed by atoms with E-state index in [4.69, 9.17) is 11.6 Å². The Labute approximate surface area is 153 Å². The van der Waals surface area contributed by atoms with E-state index in [1.807, 2.05) is 18.2 Å². The molecule has 2 heterocycles. The highest BCUT2D eigenvalue weighted by molar-refractivity contribution is 6.32. The first kappa shape index (κ1) is 17.9. The number of benzene rings is 1. The summed E-state index contributed by atoms with van der Waals surface area (Å²) in [6.07, 6.45) is 4.12. The molecule has 3 rings (SSSR count). The van der Waals surface area contributed by atoms with Gasteiger partial charge < -0.3 is 5.32 Å². The Bertz CT molecular complexity index is 732. The summed E-state index contributed by atoms with van der Waals surface area (Å²) in [4.78, 5) is 14.8. The third-order valence-corrected chi connectivity index (χ3v) is 5.01. The van der Waals surface area contributed by atoms with Crippen molar-refractivity contribution < 1.29 is 4.79 Å². The molecule has 2 unspecified atom stereocenters. The van der Waals surface area contributed by atoms with Crippen LogP contribution in [0, 0.1) is 5.92 Å². The minimum atomic E-state index is -0.213. The van der Waals surface area contributed by atoms with Gasteiger partial charge in [-0.3, -0.25) is 9.69 Å². The van der Waals surface area contributed by atoms with Crippen molar-refractivity contribution in [3.05, 3.63) is 41.2 Å². The number of carbonyl (C=O) groups excluding carboxylic acids is 1. The van der Waals surface area contributed by atoms with Crippen molar-refractivity contribution >= 4 is 17.5 Å². The van der Waals surface area contributed by atoms with Gasteiger partial charge in [-0.25, -0.2) is 4.68 Å². The van der Waals surface area contributed by atoms with Gasteiger partial charge in [-0.15, -0.1) is 5.10 Å². The summed E-state index contributed by atoms with van der Waals surface area (Å²) in [5, 5.41) is 11.5. The lowest BCUT2D eigenvalue weighted by Crippen LogP contribution is -2.46. The van der Waals surface area contributed by atoms with Gasteiger partial charge in [-0.2, -0.15) is 0 Å². The fourth-order valence-electron chi connectivity index (χ4n) is 3.21. The van der Waals surface area contributed by atoms with Gasteiger partial charge in [-0.1, -0.05) is 35.9 Å². The Morgan fingerprint density at radius 1 is 1.44 bits per heavy atom. The molecule has 1 aromatic heterocycles. The quantitative estimate of drug-likeness (QED) is 0.889. The number of halogens is 1. The number of hydrogen-bond donors (Lipinski definition) is 1. The SMILES string of the molecule is CC1CCCN(C(C)CNC(=O)c2cn(-c3ccccc3Cl)nn2)C1. The van der Waals surface area contributed by atoms with E-state index in [0.29, 0.717) is 29.0 Å². The Morgan fingerprint density at radius 3 is 3.00 bits per heavy atom. The summed E-state index contributed by atoms with van der Waals surface area (Å²) in [6.45, 7) is 7.23. The largest absolute Gasteiger partial charge is 0.349 e. The number of piperidine rings is 1. The van der Waals surface area contributed by atoms with Crippen molar-refractivity contribution in [2.75, 3.05) is 19.6 Å². The zero-order chi connectivity index (χ0) is 17.8. The van der Waals surface area contributed by atoms with Gasteiger partial charge in [0.15, 0.2) is 5.69 Å². The first-order valence-corrected chi connectivity index (χ1v) is 9.12. The molecule has 6 nitrogen and oxygen atoms in total.